The molecule has 4 rings (SSSR count). The Balaban J connectivity index is 1.56. The molecule has 12 nitrogen and oxygen atoms in total. The van der Waals surface area contributed by atoms with E-state index in [1.54, 1.807) is 72.8 Å². The average Bonchev–Trinajstić information content (AvgIpc) is 2.99. The molecule has 0 atom stereocenters. The molecule has 3 N–H and O–H groups in total. The lowest BCUT2D eigenvalue weighted by Crippen LogP contribution is -2.08. The van der Waals surface area contributed by atoms with Gasteiger partial charge in [-0.1, -0.05) is 19.7 Å². The summed E-state index contributed by atoms with van der Waals surface area (Å²) in [7, 11) is 0. The minimum atomic E-state index is -0.571. The molecule has 0 aliphatic heterocycles. The van der Waals surface area contributed by atoms with Crippen molar-refractivity contribution in [2.45, 2.75) is 0 Å². The van der Waals surface area contributed by atoms with Crippen LogP contribution in [-0.2, 0) is 14.4 Å². The van der Waals surface area contributed by atoms with Gasteiger partial charge in [0.1, 0.15) is 17.2 Å². The summed E-state index contributed by atoms with van der Waals surface area (Å²) in [6, 6.07) is 19.7. The summed E-state index contributed by atoms with van der Waals surface area (Å²) in [6.45, 7) is 10.1. The van der Waals surface area contributed by atoms with Crippen molar-refractivity contribution in [1.29, 1.82) is 0 Å². The highest BCUT2D eigenvalue weighted by Crippen LogP contribution is 2.24. The summed E-state index contributed by atoms with van der Waals surface area (Å²) in [4.78, 5) is 47.7. The molecule has 0 saturated heterocycles. The molecule has 210 valence electrons. The molecule has 1 aromatic heterocycles. The van der Waals surface area contributed by atoms with E-state index >= 15 is 0 Å². The van der Waals surface area contributed by atoms with Crippen LogP contribution < -0.4 is 30.2 Å². The maximum absolute atomic E-state index is 11.4. The lowest BCUT2D eigenvalue weighted by atomic mass is 10.3. The predicted octanol–water partition coefficient (Wildman–Crippen LogP) is 5.38. The fourth-order valence-corrected chi connectivity index (χ4v) is 3.22. The summed E-state index contributed by atoms with van der Waals surface area (Å²) in [5.74, 6) is -0.104. The zero-order chi connectivity index (χ0) is 29.9. The molecular formula is C30H24N6O6. The molecule has 1 heterocycles. The van der Waals surface area contributed by atoms with Gasteiger partial charge in [0.15, 0.2) is 0 Å². The Labute approximate surface area is 240 Å². The molecule has 42 heavy (non-hydrogen) atoms. The van der Waals surface area contributed by atoms with Gasteiger partial charge in [0.2, 0.25) is 17.8 Å². The van der Waals surface area contributed by atoms with Crippen LogP contribution in [-0.4, -0.2) is 32.9 Å². The zero-order valence-corrected chi connectivity index (χ0v) is 22.1. The van der Waals surface area contributed by atoms with Crippen molar-refractivity contribution < 1.29 is 28.6 Å². The smallest absolute Gasteiger partial charge is 0.335 e. The lowest BCUT2D eigenvalue weighted by Gasteiger charge is -2.12. The van der Waals surface area contributed by atoms with Gasteiger partial charge in [-0.2, -0.15) is 15.0 Å². The zero-order valence-electron chi connectivity index (χ0n) is 22.1. The van der Waals surface area contributed by atoms with E-state index in [0.717, 1.165) is 18.2 Å². The van der Waals surface area contributed by atoms with Gasteiger partial charge in [-0.25, -0.2) is 14.4 Å². The third kappa shape index (κ3) is 8.35. The van der Waals surface area contributed by atoms with Crippen LogP contribution in [0.1, 0.15) is 0 Å². The number of ether oxygens (including phenoxy) is 3. The first-order valence-electron chi connectivity index (χ1n) is 12.2. The topological polar surface area (TPSA) is 154 Å². The van der Waals surface area contributed by atoms with Crippen molar-refractivity contribution in [1.82, 2.24) is 15.0 Å². The maximum Gasteiger partial charge on any atom is 0.335 e. The van der Waals surface area contributed by atoms with E-state index in [0.29, 0.717) is 34.3 Å². The van der Waals surface area contributed by atoms with E-state index in [-0.39, 0.29) is 17.8 Å². The molecule has 0 unspecified atom stereocenters. The van der Waals surface area contributed by atoms with Crippen LogP contribution in [0.5, 0.6) is 17.2 Å². The quantitative estimate of drug-likeness (QED) is 0.115. The molecule has 0 aliphatic rings. The molecule has 0 aliphatic carbocycles. The number of anilines is 6. The van der Waals surface area contributed by atoms with Gasteiger partial charge < -0.3 is 30.2 Å². The number of hydrogen-bond donors (Lipinski definition) is 3. The van der Waals surface area contributed by atoms with E-state index < -0.39 is 17.9 Å². The third-order valence-corrected chi connectivity index (χ3v) is 5.12. The number of hydrogen-bond acceptors (Lipinski definition) is 12. The standard InChI is InChI=1S/C30H24N6O6/c1-4-25(37)40-22-13-7-19(8-14-22)31-28-34-29(32-20-9-15-23(16-10-20)41-26(38)5-2)36-30(35-28)33-21-11-17-24(18-12-21)42-27(39)6-3/h4-18H,1-3H2,(H3,31,32,33,34,35,36). The average molecular weight is 565 g/mol. The predicted molar refractivity (Wildman–Crippen MR) is 156 cm³/mol. The van der Waals surface area contributed by atoms with Crippen LogP contribution >= 0.6 is 0 Å². The Hall–Kier alpha value is -6.30. The van der Waals surface area contributed by atoms with Crippen molar-refractivity contribution in [3.05, 3.63) is 111 Å². The Morgan fingerprint density at radius 1 is 0.476 bits per heavy atom. The van der Waals surface area contributed by atoms with Crippen LogP contribution in [0.4, 0.5) is 34.9 Å². The number of carbonyl (C=O) groups is 3. The molecule has 0 bridgehead atoms. The van der Waals surface area contributed by atoms with Crippen molar-refractivity contribution >= 4 is 52.8 Å². The molecule has 0 spiro atoms. The number of nitrogens with zero attached hydrogens (tertiary/aromatic N) is 3. The molecule has 4 aromatic rings. The van der Waals surface area contributed by atoms with E-state index in [4.69, 9.17) is 14.2 Å². The first-order chi connectivity index (χ1) is 20.3. The normalized spacial score (nSPS) is 10.0. The largest absolute Gasteiger partial charge is 0.423 e. The number of carbonyl (C=O) groups excluding carboxylic acids is 3. The Kier molecular flexibility index (Phi) is 9.34. The van der Waals surface area contributed by atoms with E-state index in [1.807, 2.05) is 0 Å². The number of nitrogens with one attached hydrogen (secondary N) is 3. The van der Waals surface area contributed by atoms with Crippen molar-refractivity contribution in [3.63, 3.8) is 0 Å². The summed E-state index contributed by atoms with van der Waals surface area (Å²) < 4.78 is 15.3. The molecule has 12 heteroatoms. The van der Waals surface area contributed by atoms with Crippen LogP contribution in [0, 0.1) is 0 Å². The van der Waals surface area contributed by atoms with Crippen molar-refractivity contribution in [3.8, 4) is 17.2 Å². The fourth-order valence-electron chi connectivity index (χ4n) is 3.22. The molecule has 3 aromatic carbocycles. The number of rotatable bonds is 12. The second-order valence-electron chi connectivity index (χ2n) is 8.13. The summed E-state index contributed by atoms with van der Waals surface area (Å²) in [6.07, 6.45) is 3.22. The van der Waals surface area contributed by atoms with E-state index in [2.05, 4.69) is 50.6 Å². The Morgan fingerprint density at radius 2 is 0.714 bits per heavy atom. The first kappa shape index (κ1) is 28.7. The first-order valence-corrected chi connectivity index (χ1v) is 12.2. The number of benzene rings is 3. The number of esters is 3. The van der Waals surface area contributed by atoms with Gasteiger partial charge in [0.25, 0.3) is 0 Å². The van der Waals surface area contributed by atoms with Crippen LogP contribution in [0.2, 0.25) is 0 Å². The van der Waals surface area contributed by atoms with Gasteiger partial charge in [-0.15, -0.1) is 0 Å². The second-order valence-corrected chi connectivity index (χ2v) is 8.13. The molecule has 0 fully saturated rings. The molecule has 0 amide bonds. The van der Waals surface area contributed by atoms with Gasteiger partial charge in [-0.3, -0.25) is 0 Å². The van der Waals surface area contributed by atoms with E-state index in [1.165, 1.54) is 0 Å². The molecule has 0 saturated carbocycles. The summed E-state index contributed by atoms with van der Waals surface area (Å²) >= 11 is 0. The van der Waals surface area contributed by atoms with Crippen molar-refractivity contribution in [2.75, 3.05) is 16.0 Å². The van der Waals surface area contributed by atoms with Gasteiger partial charge in [0.05, 0.1) is 0 Å². The summed E-state index contributed by atoms with van der Waals surface area (Å²) in [5.41, 5.74) is 1.83. The van der Waals surface area contributed by atoms with Gasteiger partial charge in [0, 0.05) is 35.3 Å². The minimum Gasteiger partial charge on any atom is -0.423 e. The van der Waals surface area contributed by atoms with E-state index in [9.17, 15) is 14.4 Å². The second kappa shape index (κ2) is 13.7. The number of aromatic nitrogens is 3. The highest BCUT2D eigenvalue weighted by molar-refractivity contribution is 5.84. The monoisotopic (exact) mass is 564 g/mol. The summed E-state index contributed by atoms with van der Waals surface area (Å²) in [5, 5.41) is 9.27. The maximum atomic E-state index is 11.4. The van der Waals surface area contributed by atoms with Crippen LogP contribution in [0.3, 0.4) is 0 Å². The molecular weight excluding hydrogens is 540 g/mol. The van der Waals surface area contributed by atoms with Gasteiger partial charge in [-0.05, 0) is 72.8 Å². The third-order valence-electron chi connectivity index (χ3n) is 5.12. The Bertz CT molecular complexity index is 1410. The Morgan fingerprint density at radius 3 is 0.929 bits per heavy atom. The highest BCUT2D eigenvalue weighted by atomic mass is 16.5. The highest BCUT2D eigenvalue weighted by Gasteiger charge is 2.10. The van der Waals surface area contributed by atoms with Crippen LogP contribution in [0.15, 0.2) is 111 Å². The van der Waals surface area contributed by atoms with Crippen LogP contribution in [0.25, 0.3) is 0 Å². The fraction of sp³-hybridized carbons (Fsp3) is 0. The SMILES string of the molecule is C=CC(=O)Oc1ccc(Nc2nc(Nc3ccc(OC(=O)C=C)cc3)nc(Nc3ccc(OC(=O)C=C)cc3)n2)cc1. The van der Waals surface area contributed by atoms with Crippen molar-refractivity contribution in [2.24, 2.45) is 0 Å². The van der Waals surface area contributed by atoms with Gasteiger partial charge >= 0.3 is 17.9 Å². The molecule has 0 radical (unpaired) electrons. The minimum absolute atomic E-state index is 0.193. The lowest BCUT2D eigenvalue weighted by molar-refractivity contribution is -0.129.